The number of benzene rings is 1. The predicted molar refractivity (Wildman–Crippen MR) is 94.2 cm³/mol. The second kappa shape index (κ2) is 7.49. The highest BCUT2D eigenvalue weighted by Gasteiger charge is 2.24. The molecule has 0 N–H and O–H groups in total. The van der Waals surface area contributed by atoms with Crippen LogP contribution in [-0.2, 0) is 26.0 Å². The molecular formula is C20H21N3O2. The minimum Gasteiger partial charge on any atom is -0.486 e. The highest BCUT2D eigenvalue weighted by Crippen LogP contribution is 2.23. The Kier molecular flexibility index (Phi) is 4.74. The molecule has 0 saturated carbocycles. The highest BCUT2D eigenvalue weighted by molar-refractivity contribution is 5.26. The first-order valence-electron chi connectivity index (χ1n) is 8.64. The summed E-state index contributed by atoms with van der Waals surface area (Å²) in [6, 6.07) is 14.4. The van der Waals surface area contributed by atoms with Crippen molar-refractivity contribution >= 4 is 0 Å². The smallest absolute Gasteiger partial charge is 0.142 e. The fourth-order valence-electron chi connectivity index (χ4n) is 3.14. The first kappa shape index (κ1) is 15.8. The van der Waals surface area contributed by atoms with Gasteiger partial charge in [-0.15, -0.1) is 0 Å². The van der Waals surface area contributed by atoms with Crippen molar-refractivity contribution < 1.29 is 9.26 Å². The lowest BCUT2D eigenvalue weighted by Gasteiger charge is -2.26. The van der Waals surface area contributed by atoms with E-state index in [1.54, 1.807) is 12.4 Å². The summed E-state index contributed by atoms with van der Waals surface area (Å²) in [6.45, 7) is 3.34. The van der Waals surface area contributed by atoms with Crippen LogP contribution < -0.4 is 4.74 Å². The van der Waals surface area contributed by atoms with E-state index in [-0.39, 0.29) is 0 Å². The van der Waals surface area contributed by atoms with Gasteiger partial charge in [0.05, 0.1) is 6.20 Å². The summed E-state index contributed by atoms with van der Waals surface area (Å²) in [5.74, 6) is 1.75. The molecule has 128 valence electrons. The molecule has 3 aromatic rings. The number of aromatic nitrogens is 2. The van der Waals surface area contributed by atoms with E-state index in [1.807, 2.05) is 12.1 Å². The molecule has 0 unspecified atom stereocenters. The van der Waals surface area contributed by atoms with Crippen LogP contribution in [0, 0.1) is 0 Å². The van der Waals surface area contributed by atoms with Crippen molar-refractivity contribution in [2.75, 3.05) is 13.1 Å². The van der Waals surface area contributed by atoms with Gasteiger partial charge < -0.3 is 9.26 Å². The van der Waals surface area contributed by atoms with E-state index in [4.69, 9.17) is 9.26 Å². The third-order valence-electron chi connectivity index (χ3n) is 4.56. The van der Waals surface area contributed by atoms with Crippen LogP contribution in [0.1, 0.15) is 22.6 Å². The van der Waals surface area contributed by atoms with Gasteiger partial charge in [-0.3, -0.25) is 9.88 Å². The standard InChI is InChI=1S/C20H21N3O2/c1-2-5-16(6-3-1)8-11-23-12-9-20-18(14-23)19(22-25-20)15-24-17-7-4-10-21-13-17/h1-7,10,13H,8-9,11-12,14-15H2. The van der Waals surface area contributed by atoms with Gasteiger partial charge in [0.25, 0.3) is 0 Å². The zero-order valence-corrected chi connectivity index (χ0v) is 14.1. The molecule has 5 nitrogen and oxygen atoms in total. The zero-order chi connectivity index (χ0) is 16.9. The second-order valence-corrected chi connectivity index (χ2v) is 6.27. The Morgan fingerprint density at radius 2 is 2.04 bits per heavy atom. The molecule has 0 radical (unpaired) electrons. The lowest BCUT2D eigenvalue weighted by Crippen LogP contribution is -2.32. The minimum atomic E-state index is 0.414. The molecule has 5 heteroatoms. The molecule has 0 spiro atoms. The molecular weight excluding hydrogens is 314 g/mol. The molecule has 4 rings (SSSR count). The normalized spacial score (nSPS) is 14.2. The Bertz CT molecular complexity index is 802. The van der Waals surface area contributed by atoms with Crippen molar-refractivity contribution in [2.24, 2.45) is 0 Å². The average molecular weight is 335 g/mol. The molecule has 0 fully saturated rings. The molecule has 0 saturated heterocycles. The highest BCUT2D eigenvalue weighted by atomic mass is 16.5. The van der Waals surface area contributed by atoms with Gasteiger partial charge in [0, 0.05) is 37.8 Å². The zero-order valence-electron chi connectivity index (χ0n) is 14.1. The molecule has 2 aromatic heterocycles. The summed E-state index contributed by atoms with van der Waals surface area (Å²) in [5.41, 5.74) is 3.45. The second-order valence-electron chi connectivity index (χ2n) is 6.27. The van der Waals surface area contributed by atoms with Crippen LogP contribution in [0.5, 0.6) is 5.75 Å². The van der Waals surface area contributed by atoms with E-state index in [9.17, 15) is 0 Å². The first-order valence-corrected chi connectivity index (χ1v) is 8.64. The molecule has 3 heterocycles. The van der Waals surface area contributed by atoms with Crippen LogP contribution in [0.2, 0.25) is 0 Å². The molecule has 0 aliphatic carbocycles. The Balaban J connectivity index is 1.37. The summed E-state index contributed by atoms with van der Waals surface area (Å²) in [5, 5.41) is 4.22. The summed E-state index contributed by atoms with van der Waals surface area (Å²) >= 11 is 0. The van der Waals surface area contributed by atoms with Gasteiger partial charge in [-0.1, -0.05) is 35.5 Å². The number of hydrogen-bond acceptors (Lipinski definition) is 5. The maximum atomic E-state index is 5.78. The first-order chi connectivity index (χ1) is 12.4. The van der Waals surface area contributed by atoms with Gasteiger partial charge in [0.1, 0.15) is 23.8 Å². The lowest BCUT2D eigenvalue weighted by molar-refractivity contribution is 0.238. The molecule has 0 atom stereocenters. The molecule has 0 bridgehead atoms. The number of nitrogens with zero attached hydrogens (tertiary/aromatic N) is 3. The third-order valence-corrected chi connectivity index (χ3v) is 4.56. The van der Waals surface area contributed by atoms with Gasteiger partial charge in [0.15, 0.2) is 0 Å². The number of rotatable bonds is 6. The van der Waals surface area contributed by atoms with Gasteiger partial charge in [-0.25, -0.2) is 0 Å². The number of pyridine rings is 1. The Morgan fingerprint density at radius 1 is 1.12 bits per heavy atom. The van der Waals surface area contributed by atoms with E-state index >= 15 is 0 Å². The maximum Gasteiger partial charge on any atom is 0.142 e. The van der Waals surface area contributed by atoms with Gasteiger partial charge in [0.2, 0.25) is 0 Å². The van der Waals surface area contributed by atoms with E-state index in [0.29, 0.717) is 6.61 Å². The quantitative estimate of drug-likeness (QED) is 0.692. The van der Waals surface area contributed by atoms with E-state index in [0.717, 1.165) is 49.7 Å². The summed E-state index contributed by atoms with van der Waals surface area (Å²) in [7, 11) is 0. The van der Waals surface area contributed by atoms with Crippen molar-refractivity contribution in [3.63, 3.8) is 0 Å². The van der Waals surface area contributed by atoms with Gasteiger partial charge in [-0.2, -0.15) is 0 Å². The van der Waals surface area contributed by atoms with Crippen LogP contribution in [0.15, 0.2) is 59.4 Å². The lowest BCUT2D eigenvalue weighted by atomic mass is 10.1. The van der Waals surface area contributed by atoms with Crippen LogP contribution in [0.4, 0.5) is 0 Å². The van der Waals surface area contributed by atoms with Crippen LogP contribution in [0.25, 0.3) is 0 Å². The van der Waals surface area contributed by atoms with Crippen LogP contribution >= 0.6 is 0 Å². The van der Waals surface area contributed by atoms with Gasteiger partial charge >= 0.3 is 0 Å². The van der Waals surface area contributed by atoms with E-state index < -0.39 is 0 Å². The van der Waals surface area contributed by atoms with Crippen molar-refractivity contribution in [3.8, 4) is 5.75 Å². The third kappa shape index (κ3) is 3.88. The molecule has 1 aromatic carbocycles. The fourth-order valence-corrected chi connectivity index (χ4v) is 3.14. The molecule has 1 aliphatic rings. The summed E-state index contributed by atoms with van der Waals surface area (Å²) in [4.78, 5) is 6.52. The maximum absolute atomic E-state index is 5.78. The number of ether oxygens (including phenoxy) is 1. The molecule has 1 aliphatic heterocycles. The topological polar surface area (TPSA) is 51.4 Å². The predicted octanol–water partition coefficient (Wildman–Crippen LogP) is 3.25. The monoisotopic (exact) mass is 335 g/mol. The van der Waals surface area contributed by atoms with E-state index in [2.05, 4.69) is 45.4 Å². The van der Waals surface area contributed by atoms with Crippen molar-refractivity contribution in [1.29, 1.82) is 0 Å². The largest absolute Gasteiger partial charge is 0.486 e. The van der Waals surface area contributed by atoms with E-state index in [1.165, 1.54) is 11.1 Å². The minimum absolute atomic E-state index is 0.414. The summed E-state index contributed by atoms with van der Waals surface area (Å²) in [6.07, 6.45) is 5.40. The number of hydrogen-bond donors (Lipinski definition) is 0. The average Bonchev–Trinajstić information content (AvgIpc) is 3.09. The Labute approximate surface area is 147 Å². The van der Waals surface area contributed by atoms with Gasteiger partial charge in [-0.05, 0) is 24.1 Å². The van der Waals surface area contributed by atoms with Crippen LogP contribution in [-0.4, -0.2) is 28.1 Å². The van der Waals surface area contributed by atoms with Crippen molar-refractivity contribution in [3.05, 3.63) is 77.4 Å². The molecule has 25 heavy (non-hydrogen) atoms. The van der Waals surface area contributed by atoms with Crippen molar-refractivity contribution in [2.45, 2.75) is 26.0 Å². The SMILES string of the molecule is c1ccc(CCN2CCc3onc(COc4cccnc4)c3C2)cc1. The summed E-state index contributed by atoms with van der Waals surface area (Å²) < 4.78 is 11.3. The fraction of sp³-hybridized carbons (Fsp3) is 0.300. The Morgan fingerprint density at radius 3 is 2.88 bits per heavy atom. The Hall–Kier alpha value is -2.66. The van der Waals surface area contributed by atoms with Crippen molar-refractivity contribution in [1.82, 2.24) is 15.0 Å². The molecule has 0 amide bonds. The number of fused-ring (bicyclic) bond motifs is 1. The van der Waals surface area contributed by atoms with Crippen LogP contribution in [0.3, 0.4) is 0 Å².